The molecule has 0 bridgehead atoms. The van der Waals surface area contributed by atoms with E-state index in [1.165, 1.54) is 12.8 Å². The molecule has 0 aromatic heterocycles. The fraction of sp³-hybridized carbons (Fsp3) is 0.900. The van der Waals surface area contributed by atoms with E-state index < -0.39 is 0 Å². The number of nitrogens with zero attached hydrogens (tertiary/aromatic N) is 1. The summed E-state index contributed by atoms with van der Waals surface area (Å²) in [5.74, 6) is 0. The fourth-order valence-corrected chi connectivity index (χ4v) is 2.51. The molecule has 4 heteroatoms. The largest absolute Gasteiger partial charge is 0.380 e. The summed E-state index contributed by atoms with van der Waals surface area (Å²) in [6.45, 7) is 7.66. The molecule has 0 radical (unpaired) electrons. The molecule has 0 saturated heterocycles. The van der Waals surface area contributed by atoms with Gasteiger partial charge in [-0.3, -0.25) is 4.99 Å². The minimum absolute atomic E-state index is 0.703. The zero-order valence-electron chi connectivity index (χ0n) is 9.08. The molecule has 14 heavy (non-hydrogen) atoms. The van der Waals surface area contributed by atoms with Gasteiger partial charge in [-0.25, -0.2) is 0 Å². The molecule has 0 saturated carbocycles. The van der Waals surface area contributed by atoms with Crippen molar-refractivity contribution in [2.75, 3.05) is 26.3 Å². The Labute approximate surface area is 90.7 Å². The van der Waals surface area contributed by atoms with Crippen LogP contribution in [0, 0.1) is 0 Å². The molecule has 0 spiro atoms. The summed E-state index contributed by atoms with van der Waals surface area (Å²) in [6.07, 6.45) is 2.52. The molecule has 1 unspecified atom stereocenters. The molecule has 82 valence electrons. The second-order valence-corrected chi connectivity index (χ2v) is 4.59. The van der Waals surface area contributed by atoms with Crippen LogP contribution in [0.5, 0.6) is 0 Å². The molecule has 3 nitrogen and oxygen atoms in total. The van der Waals surface area contributed by atoms with E-state index in [2.05, 4.69) is 17.2 Å². The standard InChI is InChI=1S/C10H20N2OS/c1-3-5-9-8-12-10(14-9)11-6-7-13-4-2/h9H,3-8H2,1-2H3,(H,11,12). The van der Waals surface area contributed by atoms with Crippen molar-refractivity contribution in [2.24, 2.45) is 4.99 Å². The monoisotopic (exact) mass is 216 g/mol. The number of rotatable bonds is 6. The van der Waals surface area contributed by atoms with Crippen molar-refractivity contribution in [3.05, 3.63) is 0 Å². The van der Waals surface area contributed by atoms with E-state index in [1.54, 1.807) is 0 Å². The van der Waals surface area contributed by atoms with E-state index >= 15 is 0 Å². The van der Waals surface area contributed by atoms with Crippen molar-refractivity contribution in [1.29, 1.82) is 0 Å². The van der Waals surface area contributed by atoms with Crippen molar-refractivity contribution in [2.45, 2.75) is 31.9 Å². The lowest BCUT2D eigenvalue weighted by atomic mass is 10.2. The topological polar surface area (TPSA) is 33.6 Å². The van der Waals surface area contributed by atoms with Crippen LogP contribution in [0.25, 0.3) is 0 Å². The van der Waals surface area contributed by atoms with Crippen LogP contribution < -0.4 is 5.32 Å². The van der Waals surface area contributed by atoms with E-state index in [0.717, 1.165) is 31.5 Å². The lowest BCUT2D eigenvalue weighted by Gasteiger charge is -2.07. The summed E-state index contributed by atoms with van der Waals surface area (Å²) in [6, 6.07) is 0. The zero-order chi connectivity index (χ0) is 10.2. The van der Waals surface area contributed by atoms with Crippen LogP contribution in [-0.2, 0) is 4.74 Å². The maximum Gasteiger partial charge on any atom is 0.157 e. The number of hydrogen-bond donors (Lipinski definition) is 1. The van der Waals surface area contributed by atoms with Gasteiger partial charge in [0.05, 0.1) is 13.2 Å². The van der Waals surface area contributed by atoms with Crippen molar-refractivity contribution >= 4 is 16.9 Å². The highest BCUT2D eigenvalue weighted by atomic mass is 32.2. The Kier molecular flexibility index (Phi) is 6.03. The Morgan fingerprint density at radius 2 is 2.43 bits per heavy atom. The third-order valence-electron chi connectivity index (χ3n) is 2.05. The van der Waals surface area contributed by atoms with Gasteiger partial charge in [0.2, 0.25) is 0 Å². The molecule has 1 aliphatic heterocycles. The van der Waals surface area contributed by atoms with Gasteiger partial charge in [-0.2, -0.15) is 0 Å². The smallest absolute Gasteiger partial charge is 0.157 e. The Morgan fingerprint density at radius 3 is 3.14 bits per heavy atom. The highest BCUT2D eigenvalue weighted by Gasteiger charge is 2.17. The SMILES string of the molecule is CCCC1CN=C(NCCOCC)S1. The van der Waals surface area contributed by atoms with Gasteiger partial charge in [-0.1, -0.05) is 25.1 Å². The number of hydrogen-bond acceptors (Lipinski definition) is 4. The Balaban J connectivity index is 2.03. The molecule has 1 N–H and O–H groups in total. The number of aliphatic imine (C=N–C) groups is 1. The third kappa shape index (κ3) is 4.33. The summed E-state index contributed by atoms with van der Waals surface area (Å²) in [5, 5.41) is 5.10. The predicted octanol–water partition coefficient (Wildman–Crippen LogP) is 1.88. The molecule has 0 amide bonds. The molecule has 1 aliphatic rings. The molecular weight excluding hydrogens is 196 g/mol. The first-order valence-corrected chi connectivity index (χ1v) is 6.27. The molecule has 0 aromatic carbocycles. The highest BCUT2D eigenvalue weighted by Crippen LogP contribution is 2.23. The molecule has 1 rings (SSSR count). The first-order valence-electron chi connectivity index (χ1n) is 5.39. The number of thioether (sulfide) groups is 1. The van der Waals surface area contributed by atoms with Crippen LogP contribution in [0.4, 0.5) is 0 Å². The Hall–Kier alpha value is -0.220. The van der Waals surface area contributed by atoms with Crippen LogP contribution in [0.2, 0.25) is 0 Å². The molecule has 1 atom stereocenters. The maximum absolute atomic E-state index is 5.24. The van der Waals surface area contributed by atoms with Gasteiger partial charge in [-0.15, -0.1) is 0 Å². The van der Waals surface area contributed by atoms with Gasteiger partial charge in [-0.05, 0) is 13.3 Å². The molecule has 0 aliphatic carbocycles. The fourth-order valence-electron chi connectivity index (χ4n) is 1.36. The number of amidine groups is 1. The van der Waals surface area contributed by atoms with E-state index in [-0.39, 0.29) is 0 Å². The average Bonchev–Trinajstić information content (AvgIpc) is 2.61. The Morgan fingerprint density at radius 1 is 1.57 bits per heavy atom. The summed E-state index contributed by atoms with van der Waals surface area (Å²) in [5.41, 5.74) is 0. The van der Waals surface area contributed by atoms with Crippen molar-refractivity contribution < 1.29 is 4.74 Å². The van der Waals surface area contributed by atoms with E-state index in [4.69, 9.17) is 4.74 Å². The third-order valence-corrected chi connectivity index (χ3v) is 3.27. The summed E-state index contributed by atoms with van der Waals surface area (Å²) >= 11 is 1.88. The van der Waals surface area contributed by atoms with Crippen LogP contribution in [0.1, 0.15) is 26.7 Å². The van der Waals surface area contributed by atoms with Gasteiger partial charge in [0.1, 0.15) is 0 Å². The summed E-state index contributed by atoms with van der Waals surface area (Å²) < 4.78 is 5.24. The average molecular weight is 216 g/mol. The van der Waals surface area contributed by atoms with E-state index in [1.807, 2.05) is 18.7 Å². The van der Waals surface area contributed by atoms with Gasteiger partial charge < -0.3 is 10.1 Å². The van der Waals surface area contributed by atoms with Crippen molar-refractivity contribution in [1.82, 2.24) is 5.32 Å². The van der Waals surface area contributed by atoms with Gasteiger partial charge >= 0.3 is 0 Å². The molecule has 1 heterocycles. The molecule has 0 fully saturated rings. The zero-order valence-corrected chi connectivity index (χ0v) is 9.90. The van der Waals surface area contributed by atoms with Gasteiger partial charge in [0, 0.05) is 18.4 Å². The Bertz CT molecular complexity index is 185. The first-order chi connectivity index (χ1) is 6.86. The van der Waals surface area contributed by atoms with Crippen LogP contribution in [0.15, 0.2) is 4.99 Å². The number of ether oxygens (including phenoxy) is 1. The van der Waals surface area contributed by atoms with Crippen LogP contribution in [0.3, 0.4) is 0 Å². The molecular formula is C10H20N2OS. The second kappa shape index (κ2) is 7.12. The highest BCUT2D eigenvalue weighted by molar-refractivity contribution is 8.14. The summed E-state index contributed by atoms with van der Waals surface area (Å²) in [4.78, 5) is 4.45. The van der Waals surface area contributed by atoms with E-state index in [9.17, 15) is 0 Å². The maximum atomic E-state index is 5.24. The quantitative estimate of drug-likeness (QED) is 0.688. The van der Waals surface area contributed by atoms with Crippen LogP contribution >= 0.6 is 11.8 Å². The van der Waals surface area contributed by atoms with E-state index in [0.29, 0.717) is 5.25 Å². The molecule has 0 aromatic rings. The minimum Gasteiger partial charge on any atom is -0.380 e. The lowest BCUT2D eigenvalue weighted by molar-refractivity contribution is 0.153. The summed E-state index contributed by atoms with van der Waals surface area (Å²) in [7, 11) is 0. The first kappa shape index (κ1) is 11.9. The number of nitrogens with one attached hydrogen (secondary N) is 1. The van der Waals surface area contributed by atoms with Gasteiger partial charge in [0.15, 0.2) is 5.17 Å². The van der Waals surface area contributed by atoms with Crippen LogP contribution in [-0.4, -0.2) is 36.7 Å². The predicted molar refractivity (Wildman–Crippen MR) is 63.1 cm³/mol. The minimum atomic E-state index is 0.703. The second-order valence-electron chi connectivity index (χ2n) is 3.30. The lowest BCUT2D eigenvalue weighted by Crippen LogP contribution is -2.24. The van der Waals surface area contributed by atoms with Crippen molar-refractivity contribution in [3.63, 3.8) is 0 Å². The van der Waals surface area contributed by atoms with Gasteiger partial charge in [0.25, 0.3) is 0 Å². The van der Waals surface area contributed by atoms with Crippen molar-refractivity contribution in [3.8, 4) is 0 Å². The normalized spacial score (nSPS) is 21.0.